The highest BCUT2D eigenvalue weighted by Gasteiger charge is 2.10. The van der Waals surface area contributed by atoms with E-state index < -0.39 is 7.14 Å². The van der Waals surface area contributed by atoms with Crippen LogP contribution in [-0.2, 0) is 17.4 Å². The summed E-state index contributed by atoms with van der Waals surface area (Å²) in [6, 6.07) is 0. The molecule has 0 fully saturated rings. The Balaban J connectivity index is 2.64. The zero-order valence-electron chi connectivity index (χ0n) is 9.33. The molecule has 1 rings (SSSR count). The van der Waals surface area contributed by atoms with Crippen molar-refractivity contribution < 1.29 is 4.57 Å². The van der Waals surface area contributed by atoms with Gasteiger partial charge in [-0.15, -0.1) is 11.3 Å². The van der Waals surface area contributed by atoms with Crippen LogP contribution in [0.1, 0.15) is 22.5 Å². The van der Waals surface area contributed by atoms with Gasteiger partial charge in [0.25, 0.3) is 0 Å². The van der Waals surface area contributed by atoms with E-state index in [9.17, 15) is 4.57 Å². The van der Waals surface area contributed by atoms with Gasteiger partial charge in [-0.2, -0.15) is 0 Å². The zero-order chi connectivity index (χ0) is 10.8. The summed E-state index contributed by atoms with van der Waals surface area (Å²) < 4.78 is 11.5. The monoisotopic (exact) mass is 231 g/mol. The van der Waals surface area contributed by atoms with Crippen molar-refractivity contribution in [1.82, 2.24) is 4.98 Å². The number of rotatable bonds is 4. The molecule has 0 saturated heterocycles. The molecule has 0 amide bonds. The van der Waals surface area contributed by atoms with E-state index in [4.69, 9.17) is 0 Å². The molecular weight excluding hydrogens is 213 g/mol. The van der Waals surface area contributed by atoms with Crippen molar-refractivity contribution in [3.05, 3.63) is 15.6 Å². The summed E-state index contributed by atoms with van der Waals surface area (Å²) in [4.78, 5) is 5.84. The molecule has 0 atom stereocenters. The molecular formula is C10H18NOPS. The lowest BCUT2D eigenvalue weighted by Crippen LogP contribution is -1.91. The highest BCUT2D eigenvalue weighted by Crippen LogP contribution is 2.36. The quantitative estimate of drug-likeness (QED) is 0.745. The van der Waals surface area contributed by atoms with Crippen LogP contribution in [0.25, 0.3) is 0 Å². The first kappa shape index (κ1) is 11.9. The third-order valence-corrected chi connectivity index (χ3v) is 4.78. The predicted octanol–water partition coefficient (Wildman–Crippen LogP) is 3.18. The van der Waals surface area contributed by atoms with Gasteiger partial charge in [0.2, 0.25) is 0 Å². The minimum Gasteiger partial charge on any atom is -0.324 e. The Bertz CT molecular complexity index is 353. The number of aromatic nitrogens is 1. The first-order chi connectivity index (χ1) is 6.42. The van der Waals surface area contributed by atoms with E-state index >= 15 is 0 Å². The van der Waals surface area contributed by atoms with Crippen molar-refractivity contribution in [2.45, 2.75) is 26.7 Å². The Morgan fingerprint density at radius 2 is 2.07 bits per heavy atom. The van der Waals surface area contributed by atoms with Crippen molar-refractivity contribution in [2.24, 2.45) is 0 Å². The maximum Gasteiger partial charge on any atom is 0.0935 e. The summed E-state index contributed by atoms with van der Waals surface area (Å²) in [5.74, 6) is 0. The van der Waals surface area contributed by atoms with E-state index in [0.717, 1.165) is 29.7 Å². The van der Waals surface area contributed by atoms with Crippen molar-refractivity contribution in [1.29, 1.82) is 0 Å². The molecule has 80 valence electrons. The average molecular weight is 231 g/mol. The van der Waals surface area contributed by atoms with Crippen LogP contribution in [0, 0.1) is 6.92 Å². The highest BCUT2D eigenvalue weighted by molar-refractivity contribution is 7.62. The van der Waals surface area contributed by atoms with Gasteiger partial charge in [0.05, 0.1) is 17.8 Å². The van der Waals surface area contributed by atoms with Crippen LogP contribution in [0.2, 0.25) is 0 Å². The lowest BCUT2D eigenvalue weighted by atomic mass is 10.3. The molecule has 4 heteroatoms. The summed E-state index contributed by atoms with van der Waals surface area (Å²) in [6.45, 7) is 7.88. The fraction of sp³-hybridized carbons (Fsp3) is 0.700. The maximum absolute atomic E-state index is 11.5. The van der Waals surface area contributed by atoms with Gasteiger partial charge >= 0.3 is 0 Å². The molecule has 0 unspecified atom stereocenters. The SMILES string of the molecule is CCc1sc(CCP(C)(C)=O)nc1C. The molecule has 0 aliphatic carbocycles. The van der Waals surface area contributed by atoms with Crippen molar-refractivity contribution >= 4 is 18.5 Å². The lowest BCUT2D eigenvalue weighted by Gasteiger charge is -2.02. The summed E-state index contributed by atoms with van der Waals surface area (Å²) in [6.07, 6.45) is 2.71. The second kappa shape index (κ2) is 4.59. The summed E-state index contributed by atoms with van der Waals surface area (Å²) in [5, 5.41) is 1.14. The van der Waals surface area contributed by atoms with E-state index in [1.165, 1.54) is 4.88 Å². The number of hydrogen-bond donors (Lipinski definition) is 0. The maximum atomic E-state index is 11.5. The molecule has 0 radical (unpaired) electrons. The second-order valence-electron chi connectivity index (χ2n) is 4.02. The second-order valence-corrected chi connectivity index (χ2v) is 8.78. The average Bonchev–Trinajstić information content (AvgIpc) is 2.42. The molecule has 0 spiro atoms. The van der Waals surface area contributed by atoms with Gasteiger partial charge in [-0.1, -0.05) is 6.92 Å². The molecule has 0 aliphatic rings. The fourth-order valence-corrected chi connectivity index (χ4v) is 3.20. The van der Waals surface area contributed by atoms with E-state index in [0.29, 0.717) is 0 Å². The third kappa shape index (κ3) is 3.55. The molecule has 1 heterocycles. The Hall–Kier alpha value is -0.140. The number of thiazole rings is 1. The van der Waals surface area contributed by atoms with Gasteiger partial charge < -0.3 is 4.57 Å². The van der Waals surface area contributed by atoms with Crippen molar-refractivity contribution in [2.75, 3.05) is 19.5 Å². The Morgan fingerprint density at radius 3 is 2.50 bits per heavy atom. The standard InChI is InChI=1S/C10H18NOPS/c1-5-9-8(2)11-10(14-9)6-7-13(3,4)12/h5-7H2,1-4H3. The van der Waals surface area contributed by atoms with Crippen LogP contribution in [0.15, 0.2) is 0 Å². The van der Waals surface area contributed by atoms with E-state index in [1.54, 1.807) is 11.3 Å². The van der Waals surface area contributed by atoms with Crippen LogP contribution in [0.3, 0.4) is 0 Å². The van der Waals surface area contributed by atoms with Gasteiger partial charge in [-0.3, -0.25) is 0 Å². The van der Waals surface area contributed by atoms with Crippen LogP contribution < -0.4 is 0 Å². The van der Waals surface area contributed by atoms with Gasteiger partial charge in [-0.25, -0.2) is 4.98 Å². The molecule has 2 nitrogen and oxygen atoms in total. The molecule has 1 aromatic heterocycles. The summed E-state index contributed by atoms with van der Waals surface area (Å²) in [5.41, 5.74) is 1.15. The van der Waals surface area contributed by atoms with Crippen LogP contribution in [-0.4, -0.2) is 24.5 Å². The number of aryl methyl sites for hydroxylation is 3. The number of nitrogens with zero attached hydrogens (tertiary/aromatic N) is 1. The van der Waals surface area contributed by atoms with E-state index in [1.807, 2.05) is 13.3 Å². The molecule has 0 saturated carbocycles. The van der Waals surface area contributed by atoms with Crippen molar-refractivity contribution in [3.8, 4) is 0 Å². The predicted molar refractivity (Wildman–Crippen MR) is 64.3 cm³/mol. The molecule has 0 N–H and O–H groups in total. The van der Waals surface area contributed by atoms with Gasteiger partial charge in [0.1, 0.15) is 0 Å². The topological polar surface area (TPSA) is 30.0 Å². The molecule has 14 heavy (non-hydrogen) atoms. The van der Waals surface area contributed by atoms with E-state index in [2.05, 4.69) is 18.8 Å². The highest BCUT2D eigenvalue weighted by atomic mass is 32.1. The largest absolute Gasteiger partial charge is 0.324 e. The van der Waals surface area contributed by atoms with Gasteiger partial charge in [-0.05, 0) is 26.7 Å². The molecule has 0 aromatic carbocycles. The number of hydrogen-bond acceptors (Lipinski definition) is 3. The van der Waals surface area contributed by atoms with Crippen LogP contribution in [0.4, 0.5) is 0 Å². The first-order valence-electron chi connectivity index (χ1n) is 4.91. The van der Waals surface area contributed by atoms with Crippen molar-refractivity contribution in [3.63, 3.8) is 0 Å². The van der Waals surface area contributed by atoms with Crippen LogP contribution >= 0.6 is 18.5 Å². The summed E-state index contributed by atoms with van der Waals surface area (Å²) >= 11 is 1.77. The fourth-order valence-electron chi connectivity index (χ4n) is 1.29. The Labute approximate surface area is 90.1 Å². The Morgan fingerprint density at radius 1 is 1.43 bits per heavy atom. The lowest BCUT2D eigenvalue weighted by molar-refractivity contribution is 0.582. The van der Waals surface area contributed by atoms with Gasteiger partial charge in [0.15, 0.2) is 0 Å². The van der Waals surface area contributed by atoms with Crippen LogP contribution in [0.5, 0.6) is 0 Å². The smallest absolute Gasteiger partial charge is 0.0935 e. The minimum absolute atomic E-state index is 0.781. The third-order valence-electron chi connectivity index (χ3n) is 2.12. The zero-order valence-corrected chi connectivity index (χ0v) is 11.0. The first-order valence-corrected chi connectivity index (χ1v) is 8.52. The van der Waals surface area contributed by atoms with Gasteiger partial charge in [0, 0.05) is 17.5 Å². The molecule has 1 aromatic rings. The van der Waals surface area contributed by atoms with E-state index in [-0.39, 0.29) is 0 Å². The summed E-state index contributed by atoms with van der Waals surface area (Å²) in [7, 11) is -1.88. The minimum atomic E-state index is -1.88. The molecule has 0 aliphatic heterocycles. The normalized spacial score (nSPS) is 12.0. The molecule has 0 bridgehead atoms. The Kier molecular flexibility index (Phi) is 3.91.